The third-order valence-electron chi connectivity index (χ3n) is 2.42. The van der Waals surface area contributed by atoms with Crippen LogP contribution in [0.2, 0.25) is 0 Å². The van der Waals surface area contributed by atoms with Gasteiger partial charge >= 0.3 is 23.9 Å². The lowest BCUT2D eigenvalue weighted by Gasteiger charge is -2.23. The molecular formula is C20H40N4O16. The van der Waals surface area contributed by atoms with Crippen LogP contribution < -0.4 is 11.5 Å². The minimum Gasteiger partial charge on any atom is -0.481 e. The highest BCUT2D eigenvalue weighted by Crippen LogP contribution is 1.94. The lowest BCUT2D eigenvalue weighted by Crippen LogP contribution is -2.43. The standard InChI is InChI=1S/C10H16N2O8.C2H5N.4C2H4O2.H3N/c13-7(14)3-11(4-8(15)16)1-2-12(5-9(17)18)6-10(19)20;1-2-3-1;4*1-2(3)4;/h1-6H2,(H,13,14)(H,15,16)(H,17,18)(H,19,20);3H,1-2H2;4*1H3,(H,3,4);1H3. The van der Waals surface area contributed by atoms with Gasteiger partial charge in [0, 0.05) is 53.9 Å². The van der Waals surface area contributed by atoms with Gasteiger partial charge in [-0.15, -0.1) is 0 Å². The minimum atomic E-state index is -1.23. The normalized spacial score (nSPS) is 9.65. The largest absolute Gasteiger partial charge is 0.481 e. The van der Waals surface area contributed by atoms with Gasteiger partial charge in [-0.1, -0.05) is 0 Å². The first-order valence-corrected chi connectivity index (χ1v) is 10.4. The number of carboxylic acids is 8. The molecule has 0 saturated carbocycles. The number of hydrogen-bond donors (Lipinski definition) is 10. The molecule has 0 unspecified atom stereocenters. The van der Waals surface area contributed by atoms with E-state index in [4.69, 9.17) is 60.0 Å². The third-order valence-corrected chi connectivity index (χ3v) is 2.42. The molecule has 236 valence electrons. The van der Waals surface area contributed by atoms with Crippen molar-refractivity contribution in [1.29, 1.82) is 0 Å². The molecule has 1 heterocycles. The molecule has 0 amide bonds. The molecule has 0 bridgehead atoms. The van der Waals surface area contributed by atoms with E-state index in [1.54, 1.807) is 0 Å². The Hall–Kier alpha value is -4.40. The van der Waals surface area contributed by atoms with Crippen LogP contribution in [0.5, 0.6) is 0 Å². The first-order valence-electron chi connectivity index (χ1n) is 10.4. The maximum atomic E-state index is 10.6. The van der Waals surface area contributed by atoms with Crippen LogP contribution >= 0.6 is 0 Å². The summed E-state index contributed by atoms with van der Waals surface area (Å²) in [5.74, 6) is -8.24. The first-order chi connectivity index (χ1) is 17.6. The summed E-state index contributed by atoms with van der Waals surface area (Å²) in [5.41, 5.74) is 0. The van der Waals surface area contributed by atoms with Crippen LogP contribution in [0, 0.1) is 0 Å². The van der Waals surface area contributed by atoms with Gasteiger partial charge in [-0.05, 0) is 0 Å². The highest BCUT2D eigenvalue weighted by atomic mass is 16.4. The summed E-state index contributed by atoms with van der Waals surface area (Å²) in [6, 6.07) is 0. The number of nitrogens with one attached hydrogen (secondary N) is 1. The van der Waals surface area contributed by atoms with Crippen molar-refractivity contribution in [2.45, 2.75) is 27.7 Å². The Morgan fingerprint density at radius 1 is 0.475 bits per heavy atom. The van der Waals surface area contributed by atoms with E-state index in [1.807, 2.05) is 0 Å². The van der Waals surface area contributed by atoms with E-state index in [-0.39, 0.29) is 19.2 Å². The molecule has 12 N–H and O–H groups in total. The fourth-order valence-electron chi connectivity index (χ4n) is 1.48. The average Bonchev–Trinajstić information content (AvgIpc) is 3.51. The summed E-state index contributed by atoms with van der Waals surface area (Å²) < 4.78 is 0. The zero-order valence-corrected chi connectivity index (χ0v) is 22.6. The number of carbonyl (C=O) groups is 8. The molecule has 1 fully saturated rings. The lowest BCUT2D eigenvalue weighted by atomic mass is 10.4. The maximum Gasteiger partial charge on any atom is 0.317 e. The predicted octanol–water partition coefficient (Wildman–Crippen LogP) is -1.96. The Kier molecular flexibility index (Phi) is 39.7. The van der Waals surface area contributed by atoms with Crippen LogP contribution in [0.25, 0.3) is 0 Å². The molecule has 1 aliphatic heterocycles. The SMILES string of the molecule is C1CN1.CC(=O)O.CC(=O)O.CC(=O)O.CC(=O)O.N.O=C(O)CN(CCN(CC(=O)O)CC(=O)O)CC(=O)O. The molecule has 1 aliphatic rings. The molecule has 1 rings (SSSR count). The molecule has 20 heteroatoms. The van der Waals surface area contributed by atoms with Gasteiger partial charge in [-0.25, -0.2) is 0 Å². The van der Waals surface area contributed by atoms with Gasteiger partial charge in [0.05, 0.1) is 26.2 Å². The Morgan fingerprint density at radius 3 is 0.675 bits per heavy atom. The molecule has 1 saturated heterocycles. The van der Waals surface area contributed by atoms with Crippen molar-refractivity contribution in [3.05, 3.63) is 0 Å². The lowest BCUT2D eigenvalue weighted by molar-refractivity contribution is -0.145. The second kappa shape index (κ2) is 32.6. The zero-order chi connectivity index (χ0) is 32.1. The van der Waals surface area contributed by atoms with Gasteiger partial charge in [0.15, 0.2) is 0 Å². The van der Waals surface area contributed by atoms with Gasteiger partial charge in [-0.3, -0.25) is 48.2 Å². The van der Waals surface area contributed by atoms with Crippen LogP contribution in [-0.4, -0.2) is 151 Å². The van der Waals surface area contributed by atoms with Crippen molar-refractivity contribution in [3.8, 4) is 0 Å². The molecule has 0 atom stereocenters. The molecule has 0 aromatic carbocycles. The van der Waals surface area contributed by atoms with Crippen LogP contribution in [0.4, 0.5) is 0 Å². The summed E-state index contributed by atoms with van der Waals surface area (Å²) >= 11 is 0. The zero-order valence-electron chi connectivity index (χ0n) is 22.6. The monoisotopic (exact) mass is 592 g/mol. The average molecular weight is 593 g/mol. The van der Waals surface area contributed by atoms with Gasteiger partial charge in [0.25, 0.3) is 23.9 Å². The second-order valence-corrected chi connectivity index (χ2v) is 6.82. The van der Waals surface area contributed by atoms with Crippen LogP contribution in [0.1, 0.15) is 27.7 Å². The smallest absolute Gasteiger partial charge is 0.317 e. The van der Waals surface area contributed by atoms with Crippen molar-refractivity contribution < 1.29 is 79.2 Å². The molecule has 0 aliphatic carbocycles. The van der Waals surface area contributed by atoms with E-state index in [1.165, 1.54) is 13.1 Å². The van der Waals surface area contributed by atoms with Crippen molar-refractivity contribution in [2.75, 3.05) is 52.4 Å². The van der Waals surface area contributed by atoms with E-state index in [0.717, 1.165) is 37.5 Å². The van der Waals surface area contributed by atoms with Gasteiger partial charge < -0.3 is 52.3 Å². The highest BCUT2D eigenvalue weighted by molar-refractivity contribution is 5.73. The Bertz CT molecular complexity index is 639. The summed E-state index contributed by atoms with van der Waals surface area (Å²) in [5, 5.41) is 67.1. The quantitative estimate of drug-likeness (QED) is 0.116. The molecular weight excluding hydrogens is 552 g/mol. The van der Waals surface area contributed by atoms with Crippen LogP contribution in [0.3, 0.4) is 0 Å². The van der Waals surface area contributed by atoms with Gasteiger partial charge in [-0.2, -0.15) is 0 Å². The predicted molar refractivity (Wildman–Crippen MR) is 135 cm³/mol. The molecule has 0 spiro atoms. The molecule has 0 aromatic heterocycles. The number of hydrogen-bond acceptors (Lipinski definition) is 12. The topological polar surface area (TPSA) is 362 Å². The highest BCUT2D eigenvalue weighted by Gasteiger charge is 2.18. The third kappa shape index (κ3) is 115. The number of carboxylic acid groups (broad SMARTS) is 8. The number of aliphatic carboxylic acids is 8. The Morgan fingerprint density at radius 2 is 0.600 bits per heavy atom. The molecule has 20 nitrogen and oxygen atoms in total. The van der Waals surface area contributed by atoms with Gasteiger partial charge in [0.2, 0.25) is 0 Å². The van der Waals surface area contributed by atoms with E-state index in [9.17, 15) is 19.2 Å². The molecule has 0 aromatic rings. The fourth-order valence-corrected chi connectivity index (χ4v) is 1.48. The number of nitrogens with zero attached hydrogens (tertiary/aromatic N) is 2. The summed E-state index contributed by atoms with van der Waals surface area (Å²) in [6.07, 6.45) is 0. The minimum absolute atomic E-state index is 0. The van der Waals surface area contributed by atoms with Crippen molar-refractivity contribution in [3.63, 3.8) is 0 Å². The number of rotatable bonds is 11. The van der Waals surface area contributed by atoms with E-state index in [0.29, 0.717) is 0 Å². The molecule has 40 heavy (non-hydrogen) atoms. The fraction of sp³-hybridized carbons (Fsp3) is 0.600. The van der Waals surface area contributed by atoms with E-state index >= 15 is 0 Å². The summed E-state index contributed by atoms with van der Waals surface area (Å²) in [4.78, 5) is 80.4. The molecule has 0 radical (unpaired) electrons. The maximum absolute atomic E-state index is 10.6. The summed E-state index contributed by atoms with van der Waals surface area (Å²) in [7, 11) is 0. The summed E-state index contributed by atoms with van der Waals surface area (Å²) in [6.45, 7) is 4.58. The van der Waals surface area contributed by atoms with Crippen molar-refractivity contribution in [1.82, 2.24) is 21.3 Å². The Labute approximate surface area is 229 Å². The van der Waals surface area contributed by atoms with Gasteiger partial charge in [0.1, 0.15) is 0 Å². The second-order valence-electron chi connectivity index (χ2n) is 6.82. The Balaban J connectivity index is -0.000000116. The van der Waals surface area contributed by atoms with E-state index in [2.05, 4.69) is 5.32 Å². The van der Waals surface area contributed by atoms with Crippen LogP contribution in [-0.2, 0) is 38.4 Å². The van der Waals surface area contributed by atoms with E-state index < -0.39 is 73.9 Å². The van der Waals surface area contributed by atoms with Crippen molar-refractivity contribution in [2.24, 2.45) is 0 Å². The van der Waals surface area contributed by atoms with Crippen LogP contribution in [0.15, 0.2) is 0 Å². The first kappa shape index (κ1) is 48.6. The van der Waals surface area contributed by atoms with Crippen molar-refractivity contribution >= 4 is 47.8 Å².